The molecule has 0 aliphatic heterocycles. The summed E-state index contributed by atoms with van der Waals surface area (Å²) in [7, 11) is 0. The minimum absolute atomic E-state index is 0.259. The molecule has 2 aliphatic rings. The maximum Gasteiger partial charge on any atom is 0.0159 e. The van der Waals surface area contributed by atoms with Gasteiger partial charge in [-0.15, -0.1) is 0 Å². The lowest BCUT2D eigenvalue weighted by molar-refractivity contribution is 0.652. The summed E-state index contributed by atoms with van der Waals surface area (Å²) in [6.07, 6.45) is 0. The molecule has 15 rings (SSSR count). The Morgan fingerprint density at radius 2 is 0.588 bits per heavy atom. The van der Waals surface area contributed by atoms with E-state index < -0.39 is 0 Å². The van der Waals surface area contributed by atoms with Gasteiger partial charge in [0.1, 0.15) is 0 Å². The minimum Gasteiger partial charge on any atom is -0.0622 e. The van der Waals surface area contributed by atoms with Crippen LogP contribution in [-0.2, 0) is 10.8 Å². The summed E-state index contributed by atoms with van der Waals surface area (Å²) in [5.41, 5.74) is 20.7. The Labute approximate surface area is 396 Å². The highest BCUT2D eigenvalue weighted by atomic mass is 14.5. The molecule has 0 N–H and O–H groups in total. The molecule has 0 atom stereocenters. The van der Waals surface area contributed by atoms with Crippen LogP contribution in [0.15, 0.2) is 206 Å². The fourth-order valence-electron chi connectivity index (χ4n) is 13.2. The summed E-state index contributed by atoms with van der Waals surface area (Å²) < 4.78 is 0. The molecular weight excluding hydrogens is 817 g/mol. The Morgan fingerprint density at radius 3 is 0.985 bits per heavy atom. The van der Waals surface area contributed by atoms with Crippen LogP contribution in [0, 0.1) is 0 Å². The second-order valence-corrected chi connectivity index (χ2v) is 20.8. The van der Waals surface area contributed by atoms with E-state index in [1.54, 1.807) is 0 Å². The van der Waals surface area contributed by atoms with E-state index in [1.165, 1.54) is 154 Å². The first kappa shape index (κ1) is 38.1. The second kappa shape index (κ2) is 13.3. The van der Waals surface area contributed by atoms with Crippen molar-refractivity contribution in [2.45, 2.75) is 38.5 Å². The van der Waals surface area contributed by atoms with Gasteiger partial charge in [-0.05, 0) is 190 Å². The molecule has 0 spiro atoms. The maximum absolute atomic E-state index is 2.60. The molecule has 13 aromatic carbocycles. The standard InChI is InChI=1S/C68H46/c1-67(2)57-37-56-58(38-55(57)65-53(39-13-7-5-8-14-39)33-47(35-59(65)67)49-29-25-45-23-21-41-17-11-19-43-27-31-51(49)63(45)61(41)43)68(3,4)60-36-48(34-54(66(56)60)40-15-9-6-10-16-40)50-30-26-46-24-22-42-18-12-20-44-28-32-52(50)64(46)62(42)44/h5-38H,1-4H3. The SMILES string of the molecule is CC1(C)c2cc3c(cc2-c2c(-c4ccccc4)cc(-c4ccc5ccc6cccc7ccc4c5c67)cc21)C(C)(C)c1cc(-c2ccc4ccc5cccc6ccc2c4c56)cc(-c2ccccc2)c1-3. The van der Waals surface area contributed by atoms with E-state index in [2.05, 4.69) is 234 Å². The van der Waals surface area contributed by atoms with Crippen molar-refractivity contribution in [3.63, 3.8) is 0 Å². The third kappa shape index (κ3) is 4.99. The minimum atomic E-state index is -0.259. The average Bonchev–Trinajstić information content (AvgIpc) is 3.74. The van der Waals surface area contributed by atoms with Gasteiger partial charge in [0.25, 0.3) is 0 Å². The van der Waals surface area contributed by atoms with Crippen molar-refractivity contribution in [3.05, 3.63) is 229 Å². The van der Waals surface area contributed by atoms with Crippen molar-refractivity contribution >= 4 is 64.6 Å². The van der Waals surface area contributed by atoms with E-state index in [0.717, 1.165) is 0 Å². The van der Waals surface area contributed by atoms with Crippen LogP contribution in [0.5, 0.6) is 0 Å². The van der Waals surface area contributed by atoms with E-state index in [0.29, 0.717) is 0 Å². The van der Waals surface area contributed by atoms with Gasteiger partial charge in [-0.1, -0.05) is 198 Å². The van der Waals surface area contributed by atoms with Crippen molar-refractivity contribution in [1.29, 1.82) is 0 Å². The summed E-state index contributed by atoms with van der Waals surface area (Å²) in [6, 6.07) is 78.8. The Hall–Kier alpha value is -8.06. The van der Waals surface area contributed by atoms with Crippen LogP contribution in [0.2, 0.25) is 0 Å². The molecule has 0 heterocycles. The first-order valence-electron chi connectivity index (χ1n) is 24.2. The molecule has 0 radical (unpaired) electrons. The average molecular weight is 863 g/mol. The van der Waals surface area contributed by atoms with Crippen molar-refractivity contribution in [2.75, 3.05) is 0 Å². The van der Waals surface area contributed by atoms with Crippen molar-refractivity contribution in [2.24, 2.45) is 0 Å². The Kier molecular flexibility index (Phi) is 7.45. The molecule has 0 aromatic heterocycles. The fraction of sp³-hybridized carbons (Fsp3) is 0.0882. The molecule has 0 saturated heterocycles. The van der Waals surface area contributed by atoms with Gasteiger partial charge in [0, 0.05) is 10.8 Å². The largest absolute Gasteiger partial charge is 0.0622 e. The lowest BCUT2D eigenvalue weighted by Crippen LogP contribution is -2.17. The van der Waals surface area contributed by atoms with Gasteiger partial charge in [-0.3, -0.25) is 0 Å². The second-order valence-electron chi connectivity index (χ2n) is 20.8. The number of fused-ring (bicyclic) bond motifs is 6. The smallest absolute Gasteiger partial charge is 0.0159 e. The summed E-state index contributed by atoms with van der Waals surface area (Å²) >= 11 is 0. The normalized spacial score (nSPS) is 14.4. The van der Waals surface area contributed by atoms with E-state index in [-0.39, 0.29) is 10.8 Å². The molecule has 0 heteroatoms. The van der Waals surface area contributed by atoms with E-state index in [4.69, 9.17) is 0 Å². The number of rotatable bonds is 4. The molecule has 68 heavy (non-hydrogen) atoms. The van der Waals surface area contributed by atoms with Gasteiger partial charge in [0.05, 0.1) is 0 Å². The summed E-state index contributed by atoms with van der Waals surface area (Å²) in [4.78, 5) is 0. The molecule has 0 unspecified atom stereocenters. The van der Waals surface area contributed by atoms with Gasteiger partial charge in [-0.2, -0.15) is 0 Å². The zero-order chi connectivity index (χ0) is 45.2. The van der Waals surface area contributed by atoms with E-state index >= 15 is 0 Å². The lowest BCUT2D eigenvalue weighted by Gasteiger charge is -2.25. The summed E-state index contributed by atoms with van der Waals surface area (Å²) in [5, 5.41) is 15.8. The molecule has 2 aliphatic carbocycles. The quantitative estimate of drug-likeness (QED) is 0.155. The highest BCUT2D eigenvalue weighted by Gasteiger charge is 2.44. The predicted octanol–water partition coefficient (Wildman–Crippen LogP) is 18.8. The van der Waals surface area contributed by atoms with Crippen LogP contribution in [-0.4, -0.2) is 0 Å². The first-order chi connectivity index (χ1) is 33.2. The van der Waals surface area contributed by atoms with Crippen LogP contribution >= 0.6 is 0 Å². The zero-order valence-electron chi connectivity index (χ0n) is 38.6. The van der Waals surface area contributed by atoms with Gasteiger partial charge >= 0.3 is 0 Å². The molecule has 0 amide bonds. The first-order valence-corrected chi connectivity index (χ1v) is 24.2. The molecular formula is C68H46. The highest BCUT2D eigenvalue weighted by Crippen LogP contribution is 2.60. The van der Waals surface area contributed by atoms with Gasteiger partial charge in [-0.25, -0.2) is 0 Å². The molecule has 0 bridgehead atoms. The third-order valence-corrected chi connectivity index (χ3v) is 16.5. The third-order valence-electron chi connectivity index (χ3n) is 16.5. The van der Waals surface area contributed by atoms with Crippen LogP contribution in [0.1, 0.15) is 49.9 Å². The van der Waals surface area contributed by atoms with Crippen molar-refractivity contribution in [3.8, 4) is 66.8 Å². The zero-order valence-corrected chi connectivity index (χ0v) is 38.6. The predicted molar refractivity (Wildman–Crippen MR) is 291 cm³/mol. The van der Waals surface area contributed by atoms with Crippen LogP contribution in [0.25, 0.3) is 131 Å². The van der Waals surface area contributed by atoms with Crippen molar-refractivity contribution in [1.82, 2.24) is 0 Å². The maximum atomic E-state index is 2.60. The molecule has 318 valence electrons. The van der Waals surface area contributed by atoms with Gasteiger partial charge in [0.2, 0.25) is 0 Å². The molecule has 0 nitrogen and oxygen atoms in total. The lowest BCUT2D eigenvalue weighted by atomic mass is 9.78. The molecule has 13 aromatic rings. The molecule has 0 fully saturated rings. The number of hydrogen-bond donors (Lipinski definition) is 0. The highest BCUT2D eigenvalue weighted by molar-refractivity contribution is 6.27. The van der Waals surface area contributed by atoms with Crippen LogP contribution in [0.3, 0.4) is 0 Å². The van der Waals surface area contributed by atoms with Crippen molar-refractivity contribution < 1.29 is 0 Å². The summed E-state index contributed by atoms with van der Waals surface area (Å²) in [6.45, 7) is 9.84. The van der Waals surface area contributed by atoms with Gasteiger partial charge in [0.15, 0.2) is 0 Å². The molecule has 0 saturated carbocycles. The fourth-order valence-corrected chi connectivity index (χ4v) is 13.2. The topological polar surface area (TPSA) is 0 Å². The number of hydrogen-bond acceptors (Lipinski definition) is 0. The van der Waals surface area contributed by atoms with Crippen LogP contribution < -0.4 is 0 Å². The Bertz CT molecular complexity index is 3970. The van der Waals surface area contributed by atoms with E-state index in [1.807, 2.05) is 0 Å². The Balaban J connectivity index is 0.961. The van der Waals surface area contributed by atoms with Crippen LogP contribution in [0.4, 0.5) is 0 Å². The number of benzene rings is 13. The summed E-state index contributed by atoms with van der Waals surface area (Å²) in [5.74, 6) is 0. The Morgan fingerprint density at radius 1 is 0.235 bits per heavy atom. The van der Waals surface area contributed by atoms with Gasteiger partial charge < -0.3 is 0 Å². The van der Waals surface area contributed by atoms with E-state index in [9.17, 15) is 0 Å². The monoisotopic (exact) mass is 862 g/mol.